The first kappa shape index (κ1) is 41.2. The summed E-state index contributed by atoms with van der Waals surface area (Å²) >= 11 is 8.62. The van der Waals surface area contributed by atoms with Crippen molar-refractivity contribution in [2.45, 2.75) is 38.5 Å². The SMILES string of the molecule is O=C(CSCCCC(Cc1cc(C(=O)O)ccc1Cl)C(=O)O)NO.O=C(CSCCCC(Cc1cccc(C(=O)O)c1)C(=O)O)NO. The van der Waals surface area contributed by atoms with Gasteiger partial charge in [0.2, 0.25) is 0 Å². The summed E-state index contributed by atoms with van der Waals surface area (Å²) in [5, 5.41) is 53.6. The van der Waals surface area contributed by atoms with Gasteiger partial charge in [-0.3, -0.25) is 29.6 Å². The van der Waals surface area contributed by atoms with Crippen LogP contribution in [0.15, 0.2) is 42.5 Å². The van der Waals surface area contributed by atoms with Gasteiger partial charge in [-0.25, -0.2) is 20.5 Å². The highest BCUT2D eigenvalue weighted by atomic mass is 35.5. The summed E-state index contributed by atoms with van der Waals surface area (Å²) in [5.74, 6) is -4.96. The fraction of sp³-hybridized carbons (Fsp3) is 0.400. The number of hydrogen-bond donors (Lipinski definition) is 8. The molecule has 2 atom stereocenters. The van der Waals surface area contributed by atoms with Gasteiger partial charge < -0.3 is 20.4 Å². The molecule has 2 aromatic carbocycles. The van der Waals surface area contributed by atoms with E-state index < -0.39 is 47.5 Å². The van der Waals surface area contributed by atoms with Gasteiger partial charge in [-0.2, -0.15) is 23.5 Å². The lowest BCUT2D eigenvalue weighted by Crippen LogP contribution is -2.21. The lowest BCUT2D eigenvalue weighted by molar-refractivity contribution is -0.142. The molecule has 0 radical (unpaired) electrons. The molecule has 0 aliphatic carbocycles. The molecule has 8 N–H and O–H groups in total. The van der Waals surface area contributed by atoms with Gasteiger partial charge in [0.25, 0.3) is 11.8 Å². The Balaban J connectivity index is 0.000000470. The molecule has 0 aliphatic heterocycles. The van der Waals surface area contributed by atoms with Crippen molar-refractivity contribution in [2.24, 2.45) is 11.8 Å². The number of carboxylic acid groups (broad SMARTS) is 4. The van der Waals surface area contributed by atoms with Crippen LogP contribution in [0.2, 0.25) is 5.02 Å². The highest BCUT2D eigenvalue weighted by Gasteiger charge is 2.21. The molecule has 14 nitrogen and oxygen atoms in total. The molecule has 258 valence electrons. The van der Waals surface area contributed by atoms with Crippen molar-refractivity contribution in [2.75, 3.05) is 23.0 Å². The van der Waals surface area contributed by atoms with Crippen LogP contribution in [-0.2, 0) is 32.0 Å². The number of carbonyl (C=O) groups excluding carboxylic acids is 2. The number of aliphatic carboxylic acids is 2. The zero-order valence-electron chi connectivity index (χ0n) is 25.1. The van der Waals surface area contributed by atoms with E-state index in [-0.39, 0.29) is 35.5 Å². The van der Waals surface area contributed by atoms with Gasteiger partial charge in [-0.1, -0.05) is 23.7 Å². The number of amides is 2. The molecule has 0 bridgehead atoms. The zero-order valence-corrected chi connectivity index (χ0v) is 27.5. The van der Waals surface area contributed by atoms with E-state index in [9.17, 15) is 39.0 Å². The molecular formula is C30H37ClN2O12S2. The molecule has 0 spiro atoms. The Morgan fingerprint density at radius 1 is 0.681 bits per heavy atom. The quantitative estimate of drug-likeness (QED) is 0.0549. The second-order valence-electron chi connectivity index (χ2n) is 10.1. The van der Waals surface area contributed by atoms with Crippen molar-refractivity contribution >= 4 is 70.8 Å². The lowest BCUT2D eigenvalue weighted by Gasteiger charge is -2.14. The molecule has 0 heterocycles. The van der Waals surface area contributed by atoms with Crippen molar-refractivity contribution in [3.8, 4) is 0 Å². The highest BCUT2D eigenvalue weighted by molar-refractivity contribution is 8.00. The van der Waals surface area contributed by atoms with Crippen LogP contribution in [0.3, 0.4) is 0 Å². The topological polar surface area (TPSA) is 248 Å². The van der Waals surface area contributed by atoms with Crippen molar-refractivity contribution < 1.29 is 59.6 Å². The largest absolute Gasteiger partial charge is 0.481 e. The normalized spacial score (nSPS) is 11.7. The predicted molar refractivity (Wildman–Crippen MR) is 174 cm³/mol. The van der Waals surface area contributed by atoms with Gasteiger partial charge in [-0.15, -0.1) is 0 Å². The fourth-order valence-electron chi connectivity index (χ4n) is 4.13. The third kappa shape index (κ3) is 17.1. The van der Waals surface area contributed by atoms with E-state index in [4.69, 9.17) is 32.2 Å². The van der Waals surface area contributed by atoms with Crippen molar-refractivity contribution in [1.82, 2.24) is 11.0 Å². The number of thioether (sulfide) groups is 2. The average molecular weight is 717 g/mol. The summed E-state index contributed by atoms with van der Waals surface area (Å²) in [6, 6.07) is 10.5. The first-order chi connectivity index (χ1) is 22.3. The van der Waals surface area contributed by atoms with Crippen molar-refractivity contribution in [3.05, 3.63) is 69.7 Å². The number of carboxylic acids is 4. The van der Waals surface area contributed by atoms with Crippen LogP contribution in [0, 0.1) is 11.8 Å². The number of carbonyl (C=O) groups is 6. The number of aromatic carboxylic acids is 2. The summed E-state index contributed by atoms with van der Waals surface area (Å²) < 4.78 is 0. The maximum absolute atomic E-state index is 11.4. The van der Waals surface area contributed by atoms with Crippen LogP contribution in [0.4, 0.5) is 0 Å². The standard InChI is InChI=1S/C15H18ClNO6S.C15H19NO6S/c16-12-4-3-10(15(21)22)7-11(12)6-9(14(19)20)2-1-5-24-8-13(18)17-23;17-13(16-22)9-23-6-2-5-12(15(20)21)8-10-3-1-4-11(7-10)14(18)19/h3-4,7,9,23H,1-2,5-6,8H2,(H,17,18)(H,19,20)(H,21,22);1,3-4,7,12,22H,2,5-6,8-9H2,(H,16,17)(H,18,19)(H,20,21). The van der Waals surface area contributed by atoms with E-state index in [1.165, 1.54) is 64.8 Å². The molecule has 2 rings (SSSR count). The second kappa shape index (κ2) is 22.7. The molecule has 0 saturated carbocycles. The Morgan fingerprint density at radius 2 is 1.17 bits per heavy atom. The minimum atomic E-state index is -1.10. The Labute approximate surface area is 283 Å². The first-order valence-corrected chi connectivity index (χ1v) is 16.8. The van der Waals surface area contributed by atoms with Crippen LogP contribution in [-0.4, -0.2) is 89.5 Å². The first-order valence-electron chi connectivity index (χ1n) is 14.1. The number of halogens is 1. The summed E-state index contributed by atoms with van der Waals surface area (Å²) in [5.41, 5.74) is 4.40. The van der Waals surface area contributed by atoms with Gasteiger partial charge >= 0.3 is 23.9 Å². The molecule has 0 saturated heterocycles. The van der Waals surface area contributed by atoms with E-state index in [0.29, 0.717) is 53.3 Å². The summed E-state index contributed by atoms with van der Waals surface area (Å²) in [4.78, 5) is 66.3. The third-order valence-electron chi connectivity index (χ3n) is 6.51. The number of rotatable bonds is 20. The van der Waals surface area contributed by atoms with Crippen LogP contribution in [0.25, 0.3) is 0 Å². The zero-order chi connectivity index (χ0) is 35.4. The second-order valence-corrected chi connectivity index (χ2v) is 12.7. The van der Waals surface area contributed by atoms with Gasteiger partial charge in [0, 0.05) is 5.02 Å². The van der Waals surface area contributed by atoms with E-state index in [0.717, 1.165) is 0 Å². The van der Waals surface area contributed by atoms with Crippen molar-refractivity contribution in [1.29, 1.82) is 0 Å². The van der Waals surface area contributed by atoms with Gasteiger partial charge in [0.15, 0.2) is 0 Å². The summed E-state index contributed by atoms with van der Waals surface area (Å²) in [7, 11) is 0. The van der Waals surface area contributed by atoms with Crippen molar-refractivity contribution in [3.63, 3.8) is 0 Å². The maximum atomic E-state index is 11.4. The number of nitrogens with one attached hydrogen (secondary N) is 2. The molecule has 2 unspecified atom stereocenters. The van der Waals surface area contributed by atoms with Gasteiger partial charge in [0.1, 0.15) is 0 Å². The predicted octanol–water partition coefficient (Wildman–Crippen LogP) is 3.95. The minimum absolute atomic E-state index is 0.0594. The van der Waals surface area contributed by atoms with E-state index >= 15 is 0 Å². The molecule has 0 aromatic heterocycles. The van der Waals surface area contributed by atoms with E-state index in [1.807, 2.05) is 0 Å². The van der Waals surface area contributed by atoms with Crippen LogP contribution < -0.4 is 11.0 Å². The van der Waals surface area contributed by atoms with Gasteiger partial charge in [-0.05, 0) is 91.5 Å². The summed E-state index contributed by atoms with van der Waals surface area (Å²) in [6.45, 7) is 0. The molecule has 0 fully saturated rings. The fourth-order valence-corrected chi connectivity index (χ4v) is 5.85. The molecule has 0 aliphatic rings. The molecule has 17 heteroatoms. The average Bonchev–Trinajstić information content (AvgIpc) is 3.03. The Hall–Kier alpha value is -3.83. The smallest absolute Gasteiger partial charge is 0.335 e. The summed E-state index contributed by atoms with van der Waals surface area (Å²) in [6.07, 6.45) is 2.38. The van der Waals surface area contributed by atoms with E-state index in [1.54, 1.807) is 12.1 Å². The van der Waals surface area contributed by atoms with Crippen LogP contribution >= 0.6 is 35.1 Å². The molecule has 2 aromatic rings. The highest BCUT2D eigenvalue weighted by Crippen LogP contribution is 2.24. The minimum Gasteiger partial charge on any atom is -0.481 e. The van der Waals surface area contributed by atoms with Crippen LogP contribution in [0.5, 0.6) is 0 Å². The third-order valence-corrected chi connectivity index (χ3v) is 8.97. The lowest BCUT2D eigenvalue weighted by atomic mass is 9.94. The number of hydroxylamine groups is 2. The van der Waals surface area contributed by atoms with E-state index in [2.05, 4.69) is 0 Å². The Kier molecular flexibility index (Phi) is 19.9. The Morgan fingerprint density at radius 3 is 1.64 bits per heavy atom. The number of benzene rings is 2. The van der Waals surface area contributed by atoms with Crippen LogP contribution in [0.1, 0.15) is 57.5 Å². The Bertz CT molecular complexity index is 1380. The van der Waals surface area contributed by atoms with Gasteiger partial charge in [0.05, 0.1) is 34.5 Å². The maximum Gasteiger partial charge on any atom is 0.335 e. The molecule has 2 amide bonds. The number of hydrogen-bond acceptors (Lipinski definition) is 10. The monoisotopic (exact) mass is 716 g/mol. The molecular weight excluding hydrogens is 680 g/mol. The molecule has 47 heavy (non-hydrogen) atoms.